The Balaban J connectivity index is 1.87. The molecule has 0 radical (unpaired) electrons. The molecule has 2 aromatic rings. The lowest BCUT2D eigenvalue weighted by Gasteiger charge is -2.06. The predicted octanol–water partition coefficient (Wildman–Crippen LogP) is 1.04. The van der Waals surface area contributed by atoms with Crippen molar-refractivity contribution in [1.82, 2.24) is 5.32 Å². The summed E-state index contributed by atoms with van der Waals surface area (Å²) in [7, 11) is 0. The van der Waals surface area contributed by atoms with E-state index in [1.54, 1.807) is 24.3 Å². The second kappa shape index (κ2) is 8.58. The zero-order valence-electron chi connectivity index (χ0n) is 13.7. The van der Waals surface area contributed by atoms with Crippen LogP contribution in [0.4, 0.5) is 0 Å². The van der Waals surface area contributed by atoms with Crippen LogP contribution in [-0.2, 0) is 16.0 Å². The van der Waals surface area contributed by atoms with Crippen molar-refractivity contribution in [1.29, 1.82) is 0 Å². The Morgan fingerprint density at radius 1 is 1.12 bits per heavy atom. The summed E-state index contributed by atoms with van der Waals surface area (Å²) in [4.78, 5) is 34.7. The normalized spacial score (nSPS) is 10.1. The number of benzene rings is 1. The number of nitrogens with one attached hydrogen (secondary N) is 1. The first kappa shape index (κ1) is 18.1. The molecule has 1 N–H and O–H groups in total. The highest BCUT2D eigenvalue weighted by Crippen LogP contribution is 2.07. The molecule has 0 saturated heterocycles. The molecule has 0 spiro atoms. The van der Waals surface area contributed by atoms with Gasteiger partial charge < -0.3 is 15.3 Å². The van der Waals surface area contributed by atoms with Crippen molar-refractivity contribution in [3.8, 4) is 0 Å². The van der Waals surface area contributed by atoms with E-state index in [2.05, 4.69) is 5.32 Å². The van der Waals surface area contributed by atoms with Crippen molar-refractivity contribution in [3.05, 3.63) is 70.7 Å². The van der Waals surface area contributed by atoms with Gasteiger partial charge >= 0.3 is 11.7 Å². The molecule has 25 heavy (non-hydrogen) atoms. The molecular weight excluding hydrogens is 324 g/mol. The van der Waals surface area contributed by atoms with Crippen LogP contribution in [0.5, 0.6) is 0 Å². The molecule has 2 rings (SSSR count). The Kier molecular flexibility index (Phi) is 6.22. The lowest BCUT2D eigenvalue weighted by molar-refractivity contribution is -0.608. The highest BCUT2D eigenvalue weighted by atomic mass is 16.5. The average molecular weight is 342 g/mol. The van der Waals surface area contributed by atoms with Crippen LogP contribution in [0.25, 0.3) is 0 Å². The summed E-state index contributed by atoms with van der Waals surface area (Å²) >= 11 is 0. The SMILES string of the molecule is CC(=O)NCCc1ccc(C(=O)COC(=O)c2cccc[n+]2[O-])cc1. The zero-order valence-corrected chi connectivity index (χ0v) is 13.7. The van der Waals surface area contributed by atoms with Gasteiger partial charge in [-0.2, -0.15) is 4.73 Å². The number of carbonyl (C=O) groups excluding carboxylic acids is 3. The highest BCUT2D eigenvalue weighted by molar-refractivity contribution is 5.98. The van der Waals surface area contributed by atoms with Crippen molar-refractivity contribution in [2.45, 2.75) is 13.3 Å². The van der Waals surface area contributed by atoms with Crippen molar-refractivity contribution < 1.29 is 23.9 Å². The molecule has 1 amide bonds. The highest BCUT2D eigenvalue weighted by Gasteiger charge is 2.18. The van der Waals surface area contributed by atoms with E-state index in [0.717, 1.165) is 5.56 Å². The summed E-state index contributed by atoms with van der Waals surface area (Å²) < 4.78 is 5.28. The molecule has 1 heterocycles. The summed E-state index contributed by atoms with van der Waals surface area (Å²) in [5, 5.41) is 14.1. The van der Waals surface area contributed by atoms with Crippen molar-refractivity contribution in [2.24, 2.45) is 0 Å². The number of amides is 1. The molecule has 130 valence electrons. The van der Waals surface area contributed by atoms with Crippen LogP contribution in [0.1, 0.15) is 33.3 Å². The van der Waals surface area contributed by atoms with Gasteiger partial charge in [-0.15, -0.1) is 0 Å². The van der Waals surface area contributed by atoms with Gasteiger partial charge in [0.2, 0.25) is 5.91 Å². The third kappa shape index (κ3) is 5.42. The largest absolute Gasteiger partial charge is 0.618 e. The number of pyridine rings is 1. The molecule has 0 fully saturated rings. The van der Waals surface area contributed by atoms with Gasteiger partial charge in [0.1, 0.15) is 0 Å². The predicted molar refractivity (Wildman–Crippen MR) is 88.8 cm³/mol. The first-order valence-electron chi connectivity index (χ1n) is 7.69. The standard InChI is InChI=1S/C18H18N2O5/c1-13(21)19-10-9-14-5-7-15(8-6-14)17(22)12-25-18(23)16-4-2-3-11-20(16)24/h2-8,11H,9-10,12H2,1H3,(H,19,21). The van der Waals surface area contributed by atoms with Gasteiger partial charge in [-0.1, -0.05) is 24.3 Å². The number of nitrogens with zero attached hydrogens (tertiary/aromatic N) is 1. The van der Waals surface area contributed by atoms with E-state index < -0.39 is 12.6 Å². The lowest BCUT2D eigenvalue weighted by atomic mass is 10.1. The average Bonchev–Trinajstić information content (AvgIpc) is 2.60. The Morgan fingerprint density at radius 2 is 1.84 bits per heavy atom. The Morgan fingerprint density at radius 3 is 2.48 bits per heavy atom. The second-order valence-electron chi connectivity index (χ2n) is 5.34. The summed E-state index contributed by atoms with van der Waals surface area (Å²) in [6.07, 6.45) is 1.83. The summed E-state index contributed by atoms with van der Waals surface area (Å²) in [5.74, 6) is -1.31. The van der Waals surface area contributed by atoms with E-state index in [1.165, 1.54) is 31.3 Å². The van der Waals surface area contributed by atoms with Gasteiger partial charge in [-0.3, -0.25) is 9.59 Å². The molecule has 0 aliphatic carbocycles. The van der Waals surface area contributed by atoms with Crippen LogP contribution in [0.15, 0.2) is 48.7 Å². The van der Waals surface area contributed by atoms with Gasteiger partial charge in [0.05, 0.1) is 0 Å². The van der Waals surface area contributed by atoms with E-state index >= 15 is 0 Å². The number of Topliss-reactive ketones (excluding diaryl/α,β-unsaturated/α-hetero) is 1. The molecule has 7 heteroatoms. The van der Waals surface area contributed by atoms with Crippen LogP contribution in [0.2, 0.25) is 0 Å². The quantitative estimate of drug-likeness (QED) is 0.351. The molecule has 0 aliphatic heterocycles. The number of ketones is 1. The van der Waals surface area contributed by atoms with Gasteiger partial charge in [-0.25, -0.2) is 4.79 Å². The first-order valence-corrected chi connectivity index (χ1v) is 7.69. The van der Waals surface area contributed by atoms with E-state index in [1.807, 2.05) is 0 Å². The fraction of sp³-hybridized carbons (Fsp3) is 0.222. The number of esters is 1. The van der Waals surface area contributed by atoms with Crippen LogP contribution < -0.4 is 10.0 Å². The fourth-order valence-electron chi connectivity index (χ4n) is 2.11. The minimum absolute atomic E-state index is 0.0913. The monoisotopic (exact) mass is 342 g/mol. The van der Waals surface area contributed by atoms with Crippen molar-refractivity contribution >= 4 is 17.7 Å². The Bertz CT molecular complexity index is 771. The minimum atomic E-state index is -0.851. The fourth-order valence-corrected chi connectivity index (χ4v) is 2.11. The van der Waals surface area contributed by atoms with Crippen LogP contribution in [0.3, 0.4) is 0 Å². The molecule has 0 bridgehead atoms. The molecule has 0 unspecified atom stereocenters. The maximum absolute atomic E-state index is 12.1. The van der Waals surface area contributed by atoms with Crippen LogP contribution >= 0.6 is 0 Å². The molecular formula is C18H18N2O5. The van der Waals surface area contributed by atoms with E-state index in [0.29, 0.717) is 23.3 Å². The van der Waals surface area contributed by atoms with E-state index in [4.69, 9.17) is 4.74 Å². The molecule has 1 aromatic carbocycles. The molecule has 7 nitrogen and oxygen atoms in total. The van der Waals surface area contributed by atoms with Crippen molar-refractivity contribution in [3.63, 3.8) is 0 Å². The Labute approximate surface area is 144 Å². The molecule has 0 aliphatic rings. The first-order chi connectivity index (χ1) is 12.0. The van der Waals surface area contributed by atoms with Crippen molar-refractivity contribution in [2.75, 3.05) is 13.2 Å². The number of hydrogen-bond acceptors (Lipinski definition) is 5. The van der Waals surface area contributed by atoms with Gasteiger partial charge in [0.15, 0.2) is 18.6 Å². The number of rotatable bonds is 7. The van der Waals surface area contributed by atoms with Crippen LogP contribution in [-0.4, -0.2) is 30.8 Å². The van der Waals surface area contributed by atoms with Gasteiger partial charge in [0.25, 0.3) is 0 Å². The summed E-state index contributed by atoms with van der Waals surface area (Å²) in [6.45, 7) is 1.53. The third-order valence-electron chi connectivity index (χ3n) is 3.43. The minimum Gasteiger partial charge on any atom is -0.618 e. The lowest BCUT2D eigenvalue weighted by Crippen LogP contribution is -2.35. The van der Waals surface area contributed by atoms with Gasteiger partial charge in [0, 0.05) is 31.2 Å². The smallest absolute Gasteiger partial charge is 0.405 e. The zero-order chi connectivity index (χ0) is 18.2. The summed E-state index contributed by atoms with van der Waals surface area (Å²) in [5.41, 5.74) is 1.20. The van der Waals surface area contributed by atoms with Crippen LogP contribution in [0, 0.1) is 5.21 Å². The van der Waals surface area contributed by atoms with E-state index in [9.17, 15) is 19.6 Å². The maximum Gasteiger partial charge on any atom is 0.405 e. The number of hydrogen-bond donors (Lipinski definition) is 1. The van der Waals surface area contributed by atoms with Gasteiger partial charge in [-0.05, 0) is 18.1 Å². The van der Waals surface area contributed by atoms with E-state index in [-0.39, 0.29) is 17.4 Å². The number of aromatic nitrogens is 1. The molecule has 0 saturated carbocycles. The molecule has 0 atom stereocenters. The second-order valence-corrected chi connectivity index (χ2v) is 5.34. The molecule has 1 aromatic heterocycles. The number of carbonyl (C=O) groups is 3. The summed E-state index contributed by atoms with van der Waals surface area (Å²) in [6, 6.07) is 11.2. The Hall–Kier alpha value is -3.22. The number of ether oxygens (including phenoxy) is 1. The maximum atomic E-state index is 12.1. The topological polar surface area (TPSA) is 99.4 Å². The third-order valence-corrected chi connectivity index (χ3v) is 3.43.